The highest BCUT2D eigenvalue weighted by molar-refractivity contribution is 9.09. The number of aryl methyl sites for hydroxylation is 1. The van der Waals surface area contributed by atoms with E-state index in [9.17, 15) is 0 Å². The minimum Gasteiger partial charge on any atom is -0.351 e. The van der Waals surface area contributed by atoms with Crippen molar-refractivity contribution in [3.05, 3.63) is 17.8 Å². The second-order valence-electron chi connectivity index (χ2n) is 3.94. The average Bonchev–Trinajstić information content (AvgIpc) is 2.29. The quantitative estimate of drug-likeness (QED) is 0.752. The van der Waals surface area contributed by atoms with Crippen molar-refractivity contribution < 1.29 is 0 Å². The lowest BCUT2D eigenvalue weighted by atomic mass is 10.1. The fraction of sp³-hybridized carbons (Fsp3) is 0.667. The Labute approximate surface area is 106 Å². The molecule has 4 heteroatoms. The fourth-order valence-electron chi connectivity index (χ4n) is 1.89. The van der Waals surface area contributed by atoms with Crippen LogP contribution < -0.4 is 4.90 Å². The van der Waals surface area contributed by atoms with E-state index in [-0.39, 0.29) is 0 Å². The number of alkyl halides is 1. The number of nitrogens with zero attached hydrogens (tertiary/aromatic N) is 3. The third-order valence-electron chi connectivity index (χ3n) is 2.78. The van der Waals surface area contributed by atoms with Crippen LogP contribution in [0.4, 0.5) is 5.82 Å². The Balaban J connectivity index is 2.91. The summed E-state index contributed by atoms with van der Waals surface area (Å²) in [7, 11) is 0. The largest absolute Gasteiger partial charge is 0.351 e. The Morgan fingerprint density at radius 2 is 2.06 bits per heavy atom. The zero-order chi connectivity index (χ0) is 12.0. The summed E-state index contributed by atoms with van der Waals surface area (Å²) >= 11 is 3.50. The van der Waals surface area contributed by atoms with E-state index in [1.165, 1.54) is 0 Å². The van der Waals surface area contributed by atoms with Crippen molar-refractivity contribution >= 4 is 21.7 Å². The van der Waals surface area contributed by atoms with Crippen molar-refractivity contribution in [2.45, 2.75) is 39.7 Å². The van der Waals surface area contributed by atoms with Gasteiger partial charge in [-0.2, -0.15) is 5.10 Å². The van der Waals surface area contributed by atoms with Gasteiger partial charge in [-0.3, -0.25) is 0 Å². The van der Waals surface area contributed by atoms with Crippen LogP contribution in [-0.4, -0.2) is 28.1 Å². The second-order valence-corrected chi connectivity index (χ2v) is 4.74. The molecule has 0 aliphatic carbocycles. The van der Waals surface area contributed by atoms with Gasteiger partial charge in [-0.05, 0) is 31.4 Å². The normalized spacial score (nSPS) is 10.8. The van der Waals surface area contributed by atoms with Gasteiger partial charge in [-0.25, -0.2) is 0 Å². The third-order valence-corrected chi connectivity index (χ3v) is 3.14. The van der Waals surface area contributed by atoms with Crippen molar-refractivity contribution in [3.63, 3.8) is 0 Å². The number of anilines is 1. The molecule has 0 atom stereocenters. The highest BCUT2D eigenvalue weighted by Crippen LogP contribution is 2.18. The van der Waals surface area contributed by atoms with E-state index >= 15 is 0 Å². The van der Waals surface area contributed by atoms with Gasteiger partial charge < -0.3 is 4.90 Å². The molecule has 0 aliphatic rings. The molecular formula is C12H20BrN3. The molecule has 0 aliphatic heterocycles. The maximum absolute atomic E-state index is 4.23. The summed E-state index contributed by atoms with van der Waals surface area (Å²) in [5.74, 6) is 0.994. The topological polar surface area (TPSA) is 29.0 Å². The van der Waals surface area contributed by atoms with Gasteiger partial charge in [0.2, 0.25) is 0 Å². The second kappa shape index (κ2) is 6.84. The van der Waals surface area contributed by atoms with Crippen molar-refractivity contribution in [2.24, 2.45) is 0 Å². The van der Waals surface area contributed by atoms with Crippen molar-refractivity contribution in [3.8, 4) is 0 Å². The maximum atomic E-state index is 4.23. The molecule has 0 unspecified atom stereocenters. The molecule has 0 fully saturated rings. The molecule has 16 heavy (non-hydrogen) atoms. The Morgan fingerprint density at radius 3 is 2.56 bits per heavy atom. The molecule has 0 saturated heterocycles. The molecule has 0 N–H and O–H groups in total. The third kappa shape index (κ3) is 3.44. The van der Waals surface area contributed by atoms with Crippen LogP contribution in [0.25, 0.3) is 0 Å². The smallest absolute Gasteiger partial charge is 0.151 e. The summed E-state index contributed by atoms with van der Waals surface area (Å²) in [5, 5.41) is 9.22. The monoisotopic (exact) mass is 285 g/mol. The molecule has 1 aromatic rings. The first-order valence-electron chi connectivity index (χ1n) is 5.84. The number of aromatic nitrogens is 2. The van der Waals surface area contributed by atoms with E-state index in [4.69, 9.17) is 0 Å². The molecule has 1 aromatic heterocycles. The highest BCUT2D eigenvalue weighted by Gasteiger charge is 2.16. The SMILES string of the molecule is CCC(CC)N(CCBr)c1cc(C)cnn1. The number of halogens is 1. The lowest BCUT2D eigenvalue weighted by Gasteiger charge is -2.30. The van der Waals surface area contributed by atoms with Gasteiger partial charge in [0.25, 0.3) is 0 Å². The lowest BCUT2D eigenvalue weighted by Crippen LogP contribution is -2.36. The van der Waals surface area contributed by atoms with Gasteiger partial charge in [0.1, 0.15) is 0 Å². The van der Waals surface area contributed by atoms with Crippen LogP contribution in [-0.2, 0) is 0 Å². The van der Waals surface area contributed by atoms with Crippen LogP contribution in [0.3, 0.4) is 0 Å². The van der Waals surface area contributed by atoms with Crippen LogP contribution >= 0.6 is 15.9 Å². The van der Waals surface area contributed by atoms with Gasteiger partial charge in [0.05, 0.1) is 6.20 Å². The van der Waals surface area contributed by atoms with Gasteiger partial charge in [0.15, 0.2) is 5.82 Å². The van der Waals surface area contributed by atoms with Crippen LogP contribution in [0.2, 0.25) is 0 Å². The summed E-state index contributed by atoms with van der Waals surface area (Å²) in [5.41, 5.74) is 1.16. The standard InChI is InChI=1S/C12H20BrN3/c1-4-11(5-2)16(7-6-13)12-8-10(3)9-14-15-12/h8-9,11H,4-7H2,1-3H3. The van der Waals surface area contributed by atoms with E-state index in [2.05, 4.69) is 57.9 Å². The molecule has 3 nitrogen and oxygen atoms in total. The fourth-order valence-corrected chi connectivity index (χ4v) is 2.28. The van der Waals surface area contributed by atoms with E-state index in [0.29, 0.717) is 6.04 Å². The van der Waals surface area contributed by atoms with E-state index in [0.717, 1.165) is 36.1 Å². The summed E-state index contributed by atoms with van der Waals surface area (Å²) in [6.07, 6.45) is 4.07. The van der Waals surface area contributed by atoms with E-state index in [1.54, 1.807) is 6.20 Å². The predicted molar refractivity (Wildman–Crippen MR) is 72.3 cm³/mol. The molecular weight excluding hydrogens is 266 g/mol. The summed E-state index contributed by atoms with van der Waals surface area (Å²) < 4.78 is 0. The van der Waals surface area contributed by atoms with Crippen molar-refractivity contribution in [1.29, 1.82) is 0 Å². The van der Waals surface area contributed by atoms with Gasteiger partial charge in [0, 0.05) is 17.9 Å². The Hall–Kier alpha value is -0.640. The summed E-state index contributed by atoms with van der Waals surface area (Å²) in [4.78, 5) is 2.34. The van der Waals surface area contributed by atoms with Gasteiger partial charge >= 0.3 is 0 Å². The number of rotatable bonds is 6. The van der Waals surface area contributed by atoms with Crippen LogP contribution in [0.15, 0.2) is 12.3 Å². The number of hydrogen-bond acceptors (Lipinski definition) is 3. The van der Waals surface area contributed by atoms with Crippen molar-refractivity contribution in [2.75, 3.05) is 16.8 Å². The summed E-state index contributed by atoms with van der Waals surface area (Å²) in [6.45, 7) is 7.47. The van der Waals surface area contributed by atoms with Crippen LogP contribution in [0.1, 0.15) is 32.3 Å². The first-order valence-corrected chi connectivity index (χ1v) is 6.97. The molecule has 1 rings (SSSR count). The summed E-state index contributed by atoms with van der Waals surface area (Å²) in [6, 6.07) is 2.65. The van der Waals surface area contributed by atoms with Crippen LogP contribution in [0.5, 0.6) is 0 Å². The maximum Gasteiger partial charge on any atom is 0.151 e. The van der Waals surface area contributed by atoms with E-state index < -0.39 is 0 Å². The zero-order valence-electron chi connectivity index (χ0n) is 10.3. The van der Waals surface area contributed by atoms with Crippen LogP contribution in [0, 0.1) is 6.92 Å². The number of hydrogen-bond donors (Lipinski definition) is 0. The molecule has 90 valence electrons. The molecule has 1 heterocycles. The Morgan fingerprint density at radius 1 is 1.38 bits per heavy atom. The molecule has 0 bridgehead atoms. The molecule has 0 amide bonds. The van der Waals surface area contributed by atoms with Gasteiger partial charge in [-0.15, -0.1) is 5.10 Å². The van der Waals surface area contributed by atoms with Crippen molar-refractivity contribution in [1.82, 2.24) is 10.2 Å². The van der Waals surface area contributed by atoms with E-state index in [1.807, 2.05) is 0 Å². The average molecular weight is 286 g/mol. The molecule has 0 radical (unpaired) electrons. The molecule has 0 saturated carbocycles. The molecule has 0 aromatic carbocycles. The highest BCUT2D eigenvalue weighted by atomic mass is 79.9. The zero-order valence-corrected chi connectivity index (χ0v) is 11.9. The van der Waals surface area contributed by atoms with Gasteiger partial charge in [-0.1, -0.05) is 29.8 Å². The predicted octanol–water partition coefficient (Wildman–Crippen LogP) is 3.17. The Bertz CT molecular complexity index is 313. The minimum atomic E-state index is 0.550. The molecule has 0 spiro atoms. The first kappa shape index (κ1) is 13.4. The lowest BCUT2D eigenvalue weighted by molar-refractivity contribution is 0.561. The first-order chi connectivity index (χ1) is 7.72. The Kier molecular flexibility index (Phi) is 5.74. The minimum absolute atomic E-state index is 0.550.